The first-order valence-corrected chi connectivity index (χ1v) is 7.38. The van der Waals surface area contributed by atoms with Gasteiger partial charge in [-0.05, 0) is 18.8 Å². The molecule has 0 aromatic carbocycles. The van der Waals surface area contributed by atoms with E-state index in [9.17, 15) is 4.79 Å². The highest BCUT2D eigenvalue weighted by Crippen LogP contribution is 2.16. The smallest absolute Gasteiger partial charge is 0.237 e. The number of hydrogen-bond donors (Lipinski definition) is 3. The van der Waals surface area contributed by atoms with E-state index >= 15 is 0 Å². The zero-order valence-corrected chi connectivity index (χ0v) is 11.9. The van der Waals surface area contributed by atoms with Crippen LogP contribution in [-0.2, 0) is 4.79 Å². The van der Waals surface area contributed by atoms with Crippen molar-refractivity contribution in [3.8, 4) is 0 Å². The Morgan fingerprint density at radius 2 is 1.78 bits per heavy atom. The molecule has 1 fully saturated rings. The number of nitrogens with one attached hydrogen (secondary N) is 2. The van der Waals surface area contributed by atoms with E-state index in [1.165, 1.54) is 38.5 Å². The Bertz CT molecular complexity index is 235. The van der Waals surface area contributed by atoms with Crippen molar-refractivity contribution in [3.63, 3.8) is 0 Å². The minimum absolute atomic E-state index is 0.0346. The average molecular weight is 255 g/mol. The summed E-state index contributed by atoms with van der Waals surface area (Å²) in [6.45, 7) is 5.46. The predicted octanol–water partition coefficient (Wildman–Crippen LogP) is 1.40. The summed E-state index contributed by atoms with van der Waals surface area (Å²) in [5.74, 6) is 0.160. The second kappa shape index (κ2) is 8.48. The van der Waals surface area contributed by atoms with Crippen molar-refractivity contribution in [2.24, 2.45) is 11.7 Å². The van der Waals surface area contributed by atoms with Crippen molar-refractivity contribution in [3.05, 3.63) is 0 Å². The van der Waals surface area contributed by atoms with Crippen molar-refractivity contribution in [2.45, 2.75) is 64.5 Å². The van der Waals surface area contributed by atoms with Crippen LogP contribution in [0.2, 0.25) is 0 Å². The van der Waals surface area contributed by atoms with Crippen LogP contribution in [0.25, 0.3) is 0 Å². The summed E-state index contributed by atoms with van der Waals surface area (Å²) in [5.41, 5.74) is 5.77. The molecule has 1 aliphatic rings. The highest BCUT2D eigenvalue weighted by atomic mass is 16.2. The minimum Gasteiger partial charge on any atom is -0.353 e. The molecule has 106 valence electrons. The van der Waals surface area contributed by atoms with Crippen molar-refractivity contribution in [1.29, 1.82) is 0 Å². The molecule has 0 saturated heterocycles. The molecule has 0 heterocycles. The molecule has 1 aliphatic carbocycles. The van der Waals surface area contributed by atoms with Gasteiger partial charge in [0.2, 0.25) is 5.91 Å². The molecule has 4 nitrogen and oxygen atoms in total. The fraction of sp³-hybridized carbons (Fsp3) is 0.929. The van der Waals surface area contributed by atoms with Gasteiger partial charge in [-0.25, -0.2) is 0 Å². The van der Waals surface area contributed by atoms with Crippen LogP contribution in [0.1, 0.15) is 52.4 Å². The number of amides is 1. The molecule has 4 N–H and O–H groups in total. The number of carbonyl (C=O) groups excluding carboxylic acids is 1. The summed E-state index contributed by atoms with van der Waals surface area (Å²) in [7, 11) is 0. The van der Waals surface area contributed by atoms with Crippen LogP contribution in [0.3, 0.4) is 0 Å². The van der Waals surface area contributed by atoms with Gasteiger partial charge in [-0.1, -0.05) is 39.5 Å². The Hall–Kier alpha value is -0.610. The third kappa shape index (κ3) is 5.83. The van der Waals surface area contributed by atoms with E-state index in [-0.39, 0.29) is 17.9 Å². The van der Waals surface area contributed by atoms with Gasteiger partial charge in [0, 0.05) is 19.1 Å². The maximum Gasteiger partial charge on any atom is 0.237 e. The standard InChI is InChI=1S/C14H29N3O/c1-11(2)13(15)14(18)17-10-9-16-12-7-5-3-4-6-8-12/h11-13,16H,3-10,15H2,1-2H3,(H,17,18)/t13-/m0/s1. The maximum absolute atomic E-state index is 11.6. The lowest BCUT2D eigenvalue weighted by atomic mass is 10.1. The van der Waals surface area contributed by atoms with Crippen LogP contribution in [0, 0.1) is 5.92 Å². The van der Waals surface area contributed by atoms with Crippen LogP contribution in [-0.4, -0.2) is 31.1 Å². The Balaban J connectivity index is 2.08. The molecule has 0 radical (unpaired) electrons. The van der Waals surface area contributed by atoms with Crippen molar-refractivity contribution in [1.82, 2.24) is 10.6 Å². The van der Waals surface area contributed by atoms with Gasteiger partial charge in [-0.2, -0.15) is 0 Å². The average Bonchev–Trinajstić information content (AvgIpc) is 2.61. The van der Waals surface area contributed by atoms with E-state index < -0.39 is 0 Å². The molecular weight excluding hydrogens is 226 g/mol. The van der Waals surface area contributed by atoms with Crippen molar-refractivity contribution < 1.29 is 4.79 Å². The molecular formula is C14H29N3O. The summed E-state index contributed by atoms with van der Waals surface area (Å²) in [4.78, 5) is 11.6. The van der Waals surface area contributed by atoms with Gasteiger partial charge in [0.15, 0.2) is 0 Å². The topological polar surface area (TPSA) is 67.2 Å². The summed E-state index contributed by atoms with van der Waals surface area (Å²) in [6, 6.07) is 0.256. The van der Waals surface area contributed by atoms with E-state index in [1.54, 1.807) is 0 Å². The lowest BCUT2D eigenvalue weighted by Gasteiger charge is -2.18. The first kappa shape index (κ1) is 15.4. The zero-order chi connectivity index (χ0) is 13.4. The molecule has 18 heavy (non-hydrogen) atoms. The van der Waals surface area contributed by atoms with Gasteiger partial charge >= 0.3 is 0 Å². The van der Waals surface area contributed by atoms with Crippen LogP contribution in [0.5, 0.6) is 0 Å². The molecule has 1 amide bonds. The summed E-state index contributed by atoms with van der Waals surface area (Å²) in [5, 5.41) is 6.42. The molecule has 1 atom stereocenters. The quantitative estimate of drug-likeness (QED) is 0.496. The summed E-state index contributed by atoms with van der Waals surface area (Å²) >= 11 is 0. The molecule has 0 bridgehead atoms. The molecule has 0 unspecified atom stereocenters. The maximum atomic E-state index is 11.6. The SMILES string of the molecule is CC(C)[C@H](N)C(=O)NCCNC1CCCCCC1. The fourth-order valence-electron chi connectivity index (χ4n) is 2.37. The van der Waals surface area contributed by atoms with E-state index in [4.69, 9.17) is 5.73 Å². The number of rotatable bonds is 6. The predicted molar refractivity (Wildman–Crippen MR) is 75.3 cm³/mol. The molecule has 1 saturated carbocycles. The summed E-state index contributed by atoms with van der Waals surface area (Å²) < 4.78 is 0. The Morgan fingerprint density at radius 3 is 2.33 bits per heavy atom. The molecule has 1 rings (SSSR count). The van der Waals surface area contributed by atoms with Gasteiger partial charge in [0.25, 0.3) is 0 Å². The first-order valence-electron chi connectivity index (χ1n) is 7.38. The largest absolute Gasteiger partial charge is 0.353 e. The van der Waals surface area contributed by atoms with Crippen LogP contribution in [0.15, 0.2) is 0 Å². The second-order valence-corrected chi connectivity index (χ2v) is 5.70. The molecule has 0 aliphatic heterocycles. The molecule has 4 heteroatoms. The monoisotopic (exact) mass is 255 g/mol. The molecule has 0 aromatic rings. The lowest BCUT2D eigenvalue weighted by molar-refractivity contribution is -0.123. The van der Waals surface area contributed by atoms with Crippen LogP contribution >= 0.6 is 0 Å². The number of nitrogens with two attached hydrogens (primary N) is 1. The Labute approximate surface area is 111 Å². The van der Waals surface area contributed by atoms with Gasteiger partial charge < -0.3 is 16.4 Å². The van der Waals surface area contributed by atoms with Crippen molar-refractivity contribution in [2.75, 3.05) is 13.1 Å². The van der Waals surface area contributed by atoms with Crippen LogP contribution < -0.4 is 16.4 Å². The minimum atomic E-state index is -0.386. The van der Waals surface area contributed by atoms with Gasteiger partial charge in [0.05, 0.1) is 6.04 Å². The molecule has 0 aromatic heterocycles. The van der Waals surface area contributed by atoms with E-state index in [0.717, 1.165) is 6.54 Å². The van der Waals surface area contributed by atoms with E-state index in [1.807, 2.05) is 13.8 Å². The van der Waals surface area contributed by atoms with Gasteiger partial charge in [0.1, 0.15) is 0 Å². The normalized spacial score (nSPS) is 19.6. The number of carbonyl (C=O) groups is 1. The third-order valence-electron chi connectivity index (χ3n) is 3.73. The zero-order valence-electron chi connectivity index (χ0n) is 11.9. The van der Waals surface area contributed by atoms with Gasteiger partial charge in [-0.15, -0.1) is 0 Å². The highest BCUT2D eigenvalue weighted by Gasteiger charge is 2.16. The first-order chi connectivity index (χ1) is 8.61. The lowest BCUT2D eigenvalue weighted by Crippen LogP contribution is -2.46. The second-order valence-electron chi connectivity index (χ2n) is 5.70. The fourth-order valence-corrected chi connectivity index (χ4v) is 2.37. The highest BCUT2D eigenvalue weighted by molar-refractivity contribution is 5.81. The van der Waals surface area contributed by atoms with E-state index in [2.05, 4.69) is 10.6 Å². The molecule has 0 spiro atoms. The van der Waals surface area contributed by atoms with Gasteiger partial charge in [-0.3, -0.25) is 4.79 Å². The summed E-state index contributed by atoms with van der Waals surface area (Å²) in [6.07, 6.45) is 7.97. The number of hydrogen-bond acceptors (Lipinski definition) is 3. The Morgan fingerprint density at radius 1 is 1.17 bits per heavy atom. The van der Waals surface area contributed by atoms with E-state index in [0.29, 0.717) is 12.6 Å². The Kier molecular flexibility index (Phi) is 7.28. The van der Waals surface area contributed by atoms with Crippen LogP contribution in [0.4, 0.5) is 0 Å². The van der Waals surface area contributed by atoms with Crippen molar-refractivity contribution >= 4 is 5.91 Å². The third-order valence-corrected chi connectivity index (χ3v) is 3.73.